The van der Waals surface area contributed by atoms with Gasteiger partial charge in [-0.15, -0.1) is 0 Å². The third-order valence-electron chi connectivity index (χ3n) is 1.52. The zero-order valence-corrected chi connectivity index (χ0v) is 6.16. The number of pyridine rings is 2. The predicted molar refractivity (Wildman–Crippen MR) is 43.9 cm³/mol. The van der Waals surface area contributed by atoms with Crippen LogP contribution in [0.1, 0.15) is 0 Å². The first-order chi connectivity index (χ1) is 5.75. The van der Waals surface area contributed by atoms with E-state index in [0.29, 0.717) is 16.7 Å². The highest BCUT2D eigenvalue weighted by Crippen LogP contribution is 2.12. The number of anilines is 1. The van der Waals surface area contributed by atoms with Gasteiger partial charge in [0, 0.05) is 5.39 Å². The van der Waals surface area contributed by atoms with Crippen molar-refractivity contribution in [1.82, 2.24) is 9.97 Å². The summed E-state index contributed by atoms with van der Waals surface area (Å²) in [5, 5.41) is 0.620. The number of hydrogen-bond donors (Lipinski definition) is 1. The molecule has 2 aromatic rings. The lowest BCUT2D eigenvalue weighted by Crippen LogP contribution is -1.89. The third-order valence-corrected chi connectivity index (χ3v) is 1.52. The van der Waals surface area contributed by atoms with E-state index in [2.05, 4.69) is 9.97 Å². The lowest BCUT2D eigenvalue weighted by Gasteiger charge is -1.96. The van der Waals surface area contributed by atoms with Crippen molar-refractivity contribution >= 4 is 16.7 Å². The fourth-order valence-electron chi connectivity index (χ4n) is 1.01. The lowest BCUT2D eigenvalue weighted by molar-refractivity contribution is 0.624. The summed E-state index contributed by atoms with van der Waals surface area (Å²) in [6.07, 6.45) is 2.62. The van der Waals surface area contributed by atoms with E-state index in [9.17, 15) is 4.39 Å². The second kappa shape index (κ2) is 2.41. The van der Waals surface area contributed by atoms with Gasteiger partial charge in [0.25, 0.3) is 0 Å². The number of aromatic nitrogens is 2. The van der Waals surface area contributed by atoms with Gasteiger partial charge < -0.3 is 5.73 Å². The molecule has 0 radical (unpaired) electrons. The number of rotatable bonds is 0. The summed E-state index contributed by atoms with van der Waals surface area (Å²) in [6.45, 7) is 0. The molecule has 0 fully saturated rings. The van der Waals surface area contributed by atoms with Crippen LogP contribution >= 0.6 is 0 Å². The van der Waals surface area contributed by atoms with Crippen LogP contribution in [-0.2, 0) is 0 Å². The summed E-state index contributed by atoms with van der Waals surface area (Å²) in [6, 6.07) is 2.99. The quantitative estimate of drug-likeness (QED) is 0.637. The molecule has 2 N–H and O–H groups in total. The van der Waals surface area contributed by atoms with Gasteiger partial charge in [-0.3, -0.25) is 0 Å². The minimum Gasteiger partial charge on any atom is -0.397 e. The van der Waals surface area contributed by atoms with Crippen molar-refractivity contribution in [1.29, 1.82) is 0 Å². The number of fused-ring (bicyclic) bond motifs is 1. The Morgan fingerprint density at radius 3 is 2.75 bits per heavy atom. The standard InChI is InChI=1S/C8H6FN3/c9-6-1-5-2-7(10)4-12-8(5)11-3-6/h1-4H,10H2. The Kier molecular flexibility index (Phi) is 1.40. The van der Waals surface area contributed by atoms with Crippen LogP contribution in [0.15, 0.2) is 24.5 Å². The summed E-state index contributed by atoms with van der Waals surface area (Å²) in [7, 11) is 0. The van der Waals surface area contributed by atoms with Crippen LogP contribution in [0.3, 0.4) is 0 Å². The fraction of sp³-hybridized carbons (Fsp3) is 0. The van der Waals surface area contributed by atoms with Gasteiger partial charge in [-0.25, -0.2) is 14.4 Å². The Hall–Kier alpha value is -1.71. The Labute approximate surface area is 68.1 Å². The van der Waals surface area contributed by atoms with Crippen LogP contribution in [0.25, 0.3) is 11.0 Å². The van der Waals surface area contributed by atoms with Crippen LogP contribution < -0.4 is 5.73 Å². The van der Waals surface area contributed by atoms with Gasteiger partial charge in [-0.1, -0.05) is 0 Å². The second-order valence-electron chi connectivity index (χ2n) is 2.47. The molecule has 0 aliphatic heterocycles. The smallest absolute Gasteiger partial charge is 0.159 e. The number of hydrogen-bond acceptors (Lipinski definition) is 3. The molecule has 0 atom stereocenters. The molecule has 0 amide bonds. The van der Waals surface area contributed by atoms with E-state index in [-0.39, 0.29) is 5.82 Å². The van der Waals surface area contributed by atoms with E-state index in [1.807, 2.05) is 0 Å². The highest BCUT2D eigenvalue weighted by atomic mass is 19.1. The van der Waals surface area contributed by atoms with Crippen molar-refractivity contribution in [3.63, 3.8) is 0 Å². The average molecular weight is 163 g/mol. The van der Waals surface area contributed by atoms with E-state index in [1.54, 1.807) is 6.07 Å². The molecule has 0 saturated heterocycles. The van der Waals surface area contributed by atoms with E-state index in [1.165, 1.54) is 12.3 Å². The van der Waals surface area contributed by atoms with Gasteiger partial charge in [0.15, 0.2) is 5.65 Å². The molecule has 12 heavy (non-hydrogen) atoms. The number of nitrogens with zero attached hydrogens (tertiary/aromatic N) is 2. The zero-order chi connectivity index (χ0) is 8.55. The first-order valence-corrected chi connectivity index (χ1v) is 3.42. The molecule has 0 aliphatic rings. The topological polar surface area (TPSA) is 51.8 Å². The van der Waals surface area contributed by atoms with E-state index in [0.717, 1.165) is 6.20 Å². The maximum Gasteiger partial charge on any atom is 0.159 e. The van der Waals surface area contributed by atoms with Crippen molar-refractivity contribution in [2.24, 2.45) is 0 Å². The molecule has 0 aromatic carbocycles. The molecule has 4 heteroatoms. The summed E-state index contributed by atoms with van der Waals surface area (Å²) in [5.41, 5.74) is 6.48. The summed E-state index contributed by atoms with van der Waals surface area (Å²) < 4.78 is 12.6. The second-order valence-corrected chi connectivity index (χ2v) is 2.47. The Morgan fingerprint density at radius 1 is 1.17 bits per heavy atom. The number of halogens is 1. The highest BCUT2D eigenvalue weighted by molar-refractivity contribution is 5.77. The Morgan fingerprint density at radius 2 is 1.92 bits per heavy atom. The van der Waals surface area contributed by atoms with Gasteiger partial charge in [0.1, 0.15) is 5.82 Å². The molecule has 0 aliphatic carbocycles. The largest absolute Gasteiger partial charge is 0.397 e. The molecule has 0 saturated carbocycles. The number of nitrogen functional groups attached to an aromatic ring is 1. The van der Waals surface area contributed by atoms with Crippen LogP contribution in [0, 0.1) is 5.82 Å². The van der Waals surface area contributed by atoms with Crippen molar-refractivity contribution in [3.05, 3.63) is 30.3 Å². The normalized spacial score (nSPS) is 10.4. The third kappa shape index (κ3) is 1.07. The SMILES string of the molecule is Nc1cnc2ncc(F)cc2c1. The van der Waals surface area contributed by atoms with Crippen molar-refractivity contribution < 1.29 is 4.39 Å². The first-order valence-electron chi connectivity index (χ1n) is 3.42. The molecule has 2 heterocycles. The van der Waals surface area contributed by atoms with Crippen LogP contribution in [0.4, 0.5) is 10.1 Å². The molecule has 0 spiro atoms. The molecule has 0 bridgehead atoms. The van der Waals surface area contributed by atoms with Crippen LogP contribution in [0.2, 0.25) is 0 Å². The van der Waals surface area contributed by atoms with Crippen molar-refractivity contribution in [2.75, 3.05) is 5.73 Å². The van der Waals surface area contributed by atoms with Crippen molar-refractivity contribution in [3.8, 4) is 0 Å². The van der Waals surface area contributed by atoms with Gasteiger partial charge in [-0.2, -0.15) is 0 Å². The Balaban J connectivity index is 2.80. The number of nitrogens with two attached hydrogens (primary N) is 1. The maximum absolute atomic E-state index is 12.6. The molecule has 0 unspecified atom stereocenters. The van der Waals surface area contributed by atoms with Gasteiger partial charge in [0.2, 0.25) is 0 Å². The molecular weight excluding hydrogens is 157 g/mol. The predicted octanol–water partition coefficient (Wildman–Crippen LogP) is 1.35. The van der Waals surface area contributed by atoms with E-state index in [4.69, 9.17) is 5.73 Å². The minimum absolute atomic E-state index is 0.380. The highest BCUT2D eigenvalue weighted by Gasteiger charge is 1.97. The lowest BCUT2D eigenvalue weighted by atomic mass is 10.3. The van der Waals surface area contributed by atoms with Crippen LogP contribution in [-0.4, -0.2) is 9.97 Å². The van der Waals surface area contributed by atoms with Crippen molar-refractivity contribution in [2.45, 2.75) is 0 Å². The van der Waals surface area contributed by atoms with E-state index < -0.39 is 0 Å². The molecule has 2 rings (SSSR count). The van der Waals surface area contributed by atoms with E-state index >= 15 is 0 Å². The first kappa shape index (κ1) is 6.97. The maximum atomic E-state index is 12.6. The molecular formula is C8H6FN3. The fourth-order valence-corrected chi connectivity index (χ4v) is 1.01. The average Bonchev–Trinajstić information content (AvgIpc) is 2.03. The Bertz CT molecular complexity index is 391. The summed E-state index contributed by atoms with van der Waals surface area (Å²) >= 11 is 0. The molecule has 3 nitrogen and oxygen atoms in total. The minimum atomic E-state index is -0.380. The zero-order valence-electron chi connectivity index (χ0n) is 6.16. The van der Waals surface area contributed by atoms with Gasteiger partial charge in [0.05, 0.1) is 18.1 Å². The summed E-state index contributed by atoms with van der Waals surface area (Å²) in [4.78, 5) is 7.70. The van der Waals surface area contributed by atoms with Gasteiger partial charge in [-0.05, 0) is 12.1 Å². The molecule has 60 valence electrons. The monoisotopic (exact) mass is 163 g/mol. The summed E-state index contributed by atoms with van der Waals surface area (Å²) in [5.74, 6) is -0.380. The van der Waals surface area contributed by atoms with Crippen LogP contribution in [0.5, 0.6) is 0 Å². The van der Waals surface area contributed by atoms with Gasteiger partial charge >= 0.3 is 0 Å². The molecule has 2 aromatic heterocycles.